The van der Waals surface area contributed by atoms with Gasteiger partial charge in [0.25, 0.3) is 5.91 Å². The van der Waals surface area contributed by atoms with Crippen LogP contribution < -0.4 is 9.64 Å². The maximum Gasteiger partial charge on any atom is 0.270 e. The molecule has 0 aromatic heterocycles. The van der Waals surface area contributed by atoms with E-state index in [1.807, 2.05) is 61.5 Å². The monoisotopic (exact) mass is 419 g/mol. The fourth-order valence-corrected chi connectivity index (χ4v) is 4.51. The molecule has 0 bridgehead atoms. The first kappa shape index (κ1) is 19.7. The van der Waals surface area contributed by atoms with Gasteiger partial charge in [-0.1, -0.05) is 79.4 Å². The minimum atomic E-state index is -0.103. The molecular formula is C24H21NO2S2. The van der Waals surface area contributed by atoms with Gasteiger partial charge in [0, 0.05) is 5.56 Å². The summed E-state index contributed by atoms with van der Waals surface area (Å²) < 4.78 is 6.71. The third-order valence-corrected chi connectivity index (χ3v) is 6.22. The van der Waals surface area contributed by atoms with Crippen molar-refractivity contribution in [1.29, 1.82) is 0 Å². The van der Waals surface area contributed by atoms with Gasteiger partial charge in [-0.15, -0.1) is 0 Å². The summed E-state index contributed by atoms with van der Waals surface area (Å²) in [4.78, 5) is 15.3. The Balaban J connectivity index is 1.80. The molecular weight excluding hydrogens is 398 g/mol. The van der Waals surface area contributed by atoms with Crippen LogP contribution in [0.5, 0.6) is 5.75 Å². The van der Waals surface area contributed by atoms with Gasteiger partial charge in [0.2, 0.25) is 0 Å². The number of ether oxygens (including phenoxy) is 1. The van der Waals surface area contributed by atoms with Crippen molar-refractivity contribution >= 4 is 56.7 Å². The summed E-state index contributed by atoms with van der Waals surface area (Å²) in [6.45, 7) is 4.14. The van der Waals surface area contributed by atoms with E-state index in [4.69, 9.17) is 17.0 Å². The van der Waals surface area contributed by atoms with Gasteiger partial charge < -0.3 is 4.74 Å². The van der Waals surface area contributed by atoms with E-state index in [2.05, 4.69) is 25.1 Å². The number of carbonyl (C=O) groups excluding carboxylic acids is 1. The highest BCUT2D eigenvalue weighted by Crippen LogP contribution is 2.39. The molecule has 1 aliphatic rings. The third-order valence-electron chi connectivity index (χ3n) is 4.92. The van der Waals surface area contributed by atoms with Crippen molar-refractivity contribution in [2.75, 3.05) is 4.90 Å². The number of fused-ring (bicyclic) bond motifs is 1. The lowest BCUT2D eigenvalue weighted by Crippen LogP contribution is -2.27. The van der Waals surface area contributed by atoms with E-state index in [-0.39, 0.29) is 12.0 Å². The molecule has 29 heavy (non-hydrogen) atoms. The Labute approximate surface area is 180 Å². The summed E-state index contributed by atoms with van der Waals surface area (Å²) in [5.41, 5.74) is 1.70. The smallest absolute Gasteiger partial charge is 0.270 e. The van der Waals surface area contributed by atoms with Crippen LogP contribution in [0.4, 0.5) is 5.69 Å². The van der Waals surface area contributed by atoms with Gasteiger partial charge in [-0.25, -0.2) is 0 Å². The van der Waals surface area contributed by atoms with Crippen LogP contribution in [0.25, 0.3) is 16.8 Å². The number of anilines is 1. The summed E-state index contributed by atoms with van der Waals surface area (Å²) in [6, 6.07) is 21.7. The molecule has 3 aromatic rings. The fraction of sp³-hybridized carbons (Fsp3) is 0.167. The van der Waals surface area contributed by atoms with Crippen molar-refractivity contribution in [2.45, 2.75) is 26.4 Å². The zero-order chi connectivity index (χ0) is 20.4. The number of thiocarbonyl (C=S) groups is 1. The minimum absolute atomic E-state index is 0.0853. The minimum Gasteiger partial charge on any atom is -0.490 e. The molecule has 1 heterocycles. The zero-order valence-electron chi connectivity index (χ0n) is 16.3. The predicted octanol–water partition coefficient (Wildman–Crippen LogP) is 6.42. The van der Waals surface area contributed by atoms with Gasteiger partial charge in [-0.2, -0.15) is 0 Å². The molecule has 0 aliphatic carbocycles. The van der Waals surface area contributed by atoms with Crippen LogP contribution in [-0.4, -0.2) is 16.3 Å². The van der Waals surface area contributed by atoms with Crippen molar-refractivity contribution in [2.24, 2.45) is 0 Å². The molecule has 1 amide bonds. The van der Waals surface area contributed by atoms with Crippen molar-refractivity contribution in [3.05, 3.63) is 77.2 Å². The SMILES string of the molecule is CC[C@H](C)Oc1ccc2ccccc2c1/C=C1/SC(=S)N(c2ccccc2)C1=O. The van der Waals surface area contributed by atoms with Gasteiger partial charge in [0.05, 0.1) is 16.7 Å². The number of benzene rings is 3. The van der Waals surface area contributed by atoms with Gasteiger partial charge in [-0.05, 0) is 48.4 Å². The molecule has 0 N–H and O–H groups in total. The molecule has 1 fully saturated rings. The lowest BCUT2D eigenvalue weighted by atomic mass is 10.0. The van der Waals surface area contributed by atoms with E-state index in [0.717, 1.165) is 34.2 Å². The summed E-state index contributed by atoms with van der Waals surface area (Å²) in [7, 11) is 0. The van der Waals surface area contributed by atoms with Crippen molar-refractivity contribution in [3.8, 4) is 5.75 Å². The first-order valence-electron chi connectivity index (χ1n) is 9.60. The maximum absolute atomic E-state index is 13.2. The van der Waals surface area contributed by atoms with Crippen molar-refractivity contribution in [1.82, 2.24) is 0 Å². The average molecular weight is 420 g/mol. The molecule has 1 aliphatic heterocycles. The second kappa shape index (κ2) is 8.39. The molecule has 5 heteroatoms. The van der Waals surface area contributed by atoms with Crippen LogP contribution >= 0.6 is 24.0 Å². The van der Waals surface area contributed by atoms with Crippen LogP contribution in [0.1, 0.15) is 25.8 Å². The number of para-hydroxylation sites is 1. The number of amides is 1. The summed E-state index contributed by atoms with van der Waals surface area (Å²) >= 11 is 6.83. The molecule has 0 spiro atoms. The van der Waals surface area contributed by atoms with E-state index in [0.29, 0.717) is 9.23 Å². The molecule has 3 aromatic carbocycles. The molecule has 4 rings (SSSR count). The first-order chi connectivity index (χ1) is 14.1. The Hall–Kier alpha value is -2.63. The van der Waals surface area contributed by atoms with Gasteiger partial charge in [0.1, 0.15) is 5.75 Å². The number of nitrogens with zero attached hydrogens (tertiary/aromatic N) is 1. The normalized spacial score (nSPS) is 16.6. The van der Waals surface area contributed by atoms with E-state index < -0.39 is 0 Å². The molecule has 3 nitrogen and oxygen atoms in total. The topological polar surface area (TPSA) is 29.5 Å². The van der Waals surface area contributed by atoms with Crippen LogP contribution in [0.3, 0.4) is 0 Å². The standard InChI is InChI=1S/C24H21NO2S2/c1-3-16(2)27-21-14-13-17-9-7-8-12-19(17)20(21)15-22-23(26)25(24(28)29-22)18-10-5-4-6-11-18/h4-16H,3H2,1-2H3/b22-15+/t16-/m0/s1. The second-order valence-corrected chi connectivity index (χ2v) is 8.56. The van der Waals surface area contributed by atoms with E-state index in [1.54, 1.807) is 4.90 Å². The summed E-state index contributed by atoms with van der Waals surface area (Å²) in [5, 5.41) is 2.16. The van der Waals surface area contributed by atoms with Gasteiger partial charge >= 0.3 is 0 Å². The number of hydrogen-bond acceptors (Lipinski definition) is 4. The quantitative estimate of drug-likeness (QED) is 0.352. The van der Waals surface area contributed by atoms with Gasteiger partial charge in [0.15, 0.2) is 4.32 Å². The molecule has 1 atom stereocenters. The number of hydrogen-bond donors (Lipinski definition) is 0. The van der Waals surface area contributed by atoms with E-state index in [1.165, 1.54) is 11.8 Å². The van der Waals surface area contributed by atoms with E-state index in [9.17, 15) is 4.79 Å². The zero-order valence-corrected chi connectivity index (χ0v) is 17.9. The maximum atomic E-state index is 13.2. The Bertz CT molecular complexity index is 1110. The Kier molecular flexibility index (Phi) is 5.69. The van der Waals surface area contributed by atoms with Gasteiger partial charge in [-0.3, -0.25) is 9.69 Å². The Morgan fingerprint density at radius 3 is 2.55 bits per heavy atom. The number of carbonyl (C=O) groups is 1. The van der Waals surface area contributed by atoms with Crippen LogP contribution in [-0.2, 0) is 4.79 Å². The van der Waals surface area contributed by atoms with E-state index >= 15 is 0 Å². The molecule has 146 valence electrons. The predicted molar refractivity (Wildman–Crippen MR) is 126 cm³/mol. The largest absolute Gasteiger partial charge is 0.490 e. The lowest BCUT2D eigenvalue weighted by molar-refractivity contribution is -0.113. The lowest BCUT2D eigenvalue weighted by Gasteiger charge is -2.17. The second-order valence-electron chi connectivity index (χ2n) is 6.89. The average Bonchev–Trinajstić information content (AvgIpc) is 3.03. The Morgan fingerprint density at radius 1 is 1.07 bits per heavy atom. The van der Waals surface area contributed by atoms with Crippen LogP contribution in [0.15, 0.2) is 71.6 Å². The molecule has 1 saturated heterocycles. The Morgan fingerprint density at radius 2 is 1.79 bits per heavy atom. The van der Waals surface area contributed by atoms with Crippen LogP contribution in [0.2, 0.25) is 0 Å². The molecule has 0 unspecified atom stereocenters. The third kappa shape index (κ3) is 3.93. The highest BCUT2D eigenvalue weighted by atomic mass is 32.2. The summed E-state index contributed by atoms with van der Waals surface area (Å²) in [5.74, 6) is 0.677. The molecule has 0 radical (unpaired) electrons. The highest BCUT2D eigenvalue weighted by Gasteiger charge is 2.33. The fourth-order valence-electron chi connectivity index (χ4n) is 3.23. The number of rotatable bonds is 5. The molecule has 0 saturated carbocycles. The first-order valence-corrected chi connectivity index (χ1v) is 10.8. The van der Waals surface area contributed by atoms with Crippen molar-refractivity contribution < 1.29 is 9.53 Å². The van der Waals surface area contributed by atoms with Crippen LogP contribution in [0, 0.1) is 0 Å². The van der Waals surface area contributed by atoms with Crippen molar-refractivity contribution in [3.63, 3.8) is 0 Å². The summed E-state index contributed by atoms with van der Waals surface area (Å²) in [6.07, 6.45) is 2.91. The highest BCUT2D eigenvalue weighted by molar-refractivity contribution is 8.27. The number of thioether (sulfide) groups is 1.